The number of hydrogen-bond acceptors (Lipinski definition) is 6. The molecular formula is C18H26O6. The van der Waals surface area contributed by atoms with E-state index >= 15 is 0 Å². The molecule has 24 heavy (non-hydrogen) atoms. The molecule has 0 unspecified atom stereocenters. The Morgan fingerprint density at radius 1 is 0.708 bits per heavy atom. The molecule has 0 radical (unpaired) electrons. The van der Waals surface area contributed by atoms with E-state index in [9.17, 15) is 0 Å². The molecule has 0 N–H and O–H groups in total. The van der Waals surface area contributed by atoms with E-state index in [-0.39, 0.29) is 0 Å². The highest BCUT2D eigenvalue weighted by Gasteiger charge is 2.58. The monoisotopic (exact) mass is 338 g/mol. The maximum Gasteiger partial charge on any atom is 0.287 e. The van der Waals surface area contributed by atoms with E-state index in [0.717, 1.165) is 5.75 Å². The van der Waals surface area contributed by atoms with Gasteiger partial charge in [0.1, 0.15) is 5.75 Å². The van der Waals surface area contributed by atoms with Gasteiger partial charge in [0.25, 0.3) is 11.6 Å². The summed E-state index contributed by atoms with van der Waals surface area (Å²) in [5, 5.41) is 0. The second-order valence-corrected chi connectivity index (χ2v) is 4.71. The van der Waals surface area contributed by atoms with Crippen molar-refractivity contribution in [3.05, 3.63) is 54.3 Å². The average Bonchev–Trinajstić information content (AvgIpc) is 2.67. The topological polar surface area (TPSA) is 55.4 Å². The molecule has 1 aromatic carbocycles. The first-order valence-electron chi connectivity index (χ1n) is 7.33. The molecule has 0 saturated heterocycles. The van der Waals surface area contributed by atoms with Crippen LogP contribution in [0.15, 0.2) is 54.3 Å². The molecular weight excluding hydrogens is 312 g/mol. The van der Waals surface area contributed by atoms with Crippen LogP contribution in [-0.2, 0) is 23.7 Å². The summed E-state index contributed by atoms with van der Waals surface area (Å²) in [4.78, 5) is 0. The number of methoxy groups -OCH3 is 6. The quantitative estimate of drug-likeness (QED) is 0.744. The van der Waals surface area contributed by atoms with E-state index in [2.05, 4.69) is 0 Å². The molecule has 0 saturated carbocycles. The summed E-state index contributed by atoms with van der Waals surface area (Å²) in [6, 6.07) is 9.68. The minimum absolute atomic E-state index is 0.476. The van der Waals surface area contributed by atoms with Crippen LogP contribution in [0.1, 0.15) is 0 Å². The lowest BCUT2D eigenvalue weighted by atomic mass is 9.97. The lowest BCUT2D eigenvalue weighted by Gasteiger charge is -2.45. The van der Waals surface area contributed by atoms with E-state index in [1.54, 1.807) is 25.3 Å². The van der Waals surface area contributed by atoms with Crippen LogP contribution in [0, 0.1) is 0 Å². The molecule has 134 valence electrons. The van der Waals surface area contributed by atoms with E-state index < -0.39 is 11.6 Å². The Morgan fingerprint density at radius 2 is 1.29 bits per heavy atom. The fourth-order valence-corrected chi connectivity index (χ4v) is 2.47. The van der Waals surface area contributed by atoms with E-state index in [0.29, 0.717) is 5.76 Å². The number of hydrogen-bond donors (Lipinski definition) is 0. The smallest absolute Gasteiger partial charge is 0.287 e. The van der Waals surface area contributed by atoms with Crippen LogP contribution >= 0.6 is 0 Å². The molecule has 6 nitrogen and oxygen atoms in total. The largest absolute Gasteiger partial charge is 0.497 e. The second-order valence-electron chi connectivity index (χ2n) is 4.71. The van der Waals surface area contributed by atoms with Crippen LogP contribution in [0.4, 0.5) is 0 Å². The number of ether oxygens (including phenoxy) is 6. The van der Waals surface area contributed by atoms with Crippen LogP contribution in [-0.4, -0.2) is 54.2 Å². The Morgan fingerprint density at radius 3 is 1.67 bits per heavy atom. The summed E-state index contributed by atoms with van der Waals surface area (Å²) in [5.74, 6) is -1.03. The van der Waals surface area contributed by atoms with Crippen molar-refractivity contribution in [2.45, 2.75) is 11.6 Å². The molecule has 0 aliphatic heterocycles. The van der Waals surface area contributed by atoms with Gasteiger partial charge in [-0.1, -0.05) is 24.3 Å². The maximum atomic E-state index is 5.41. The highest BCUT2D eigenvalue weighted by Crippen LogP contribution is 2.41. The Labute approximate surface area is 143 Å². The minimum atomic E-state index is -1.25. The van der Waals surface area contributed by atoms with E-state index in [1.165, 1.54) is 35.5 Å². The summed E-state index contributed by atoms with van der Waals surface area (Å²) in [6.07, 6.45) is 5.22. The fraction of sp³-hybridized carbons (Fsp3) is 0.444. The Balaban J connectivity index is 0.000000300. The molecule has 2 rings (SSSR count). The van der Waals surface area contributed by atoms with Gasteiger partial charge in [0, 0.05) is 28.4 Å². The van der Waals surface area contributed by atoms with Crippen LogP contribution in [0.2, 0.25) is 0 Å². The SMILES string of the molecule is COC1=CC=CC(OC)(OC)C1(OC)OC.COc1ccccc1. The third-order valence-corrected chi connectivity index (χ3v) is 3.73. The van der Waals surface area contributed by atoms with E-state index in [1.807, 2.05) is 30.3 Å². The Bertz CT molecular complexity index is 530. The van der Waals surface area contributed by atoms with Crippen LogP contribution in [0.3, 0.4) is 0 Å². The number of rotatable bonds is 6. The highest BCUT2D eigenvalue weighted by molar-refractivity contribution is 5.29. The third kappa shape index (κ3) is 3.79. The van der Waals surface area contributed by atoms with Crippen LogP contribution in [0.25, 0.3) is 0 Å². The van der Waals surface area contributed by atoms with Gasteiger partial charge >= 0.3 is 0 Å². The van der Waals surface area contributed by atoms with Gasteiger partial charge in [-0.2, -0.15) is 0 Å². The standard InChI is InChI=1S/C11H18O5.C7H8O/c1-12-9-7-6-8-10(13-2,14-3)11(9,15-4)16-5;1-8-7-5-3-2-4-6-7/h6-8H,1-5H3;2-6H,1H3. The minimum Gasteiger partial charge on any atom is -0.497 e. The number of para-hydroxylation sites is 1. The first-order valence-corrected chi connectivity index (χ1v) is 7.33. The molecule has 1 aliphatic carbocycles. The molecule has 1 aliphatic rings. The normalized spacial score (nSPS) is 17.3. The lowest BCUT2D eigenvalue weighted by molar-refractivity contribution is -0.360. The van der Waals surface area contributed by atoms with Gasteiger partial charge in [0.15, 0.2) is 5.76 Å². The molecule has 0 heterocycles. The zero-order chi connectivity index (χ0) is 18.1. The molecule has 0 atom stereocenters. The third-order valence-electron chi connectivity index (χ3n) is 3.73. The fourth-order valence-electron chi connectivity index (χ4n) is 2.47. The predicted octanol–water partition coefficient (Wildman–Crippen LogP) is 2.76. The van der Waals surface area contributed by atoms with Gasteiger partial charge in [0.05, 0.1) is 14.2 Å². The van der Waals surface area contributed by atoms with Crippen molar-refractivity contribution in [2.24, 2.45) is 0 Å². The predicted molar refractivity (Wildman–Crippen MR) is 90.7 cm³/mol. The van der Waals surface area contributed by atoms with Crippen molar-refractivity contribution in [1.82, 2.24) is 0 Å². The summed E-state index contributed by atoms with van der Waals surface area (Å²) in [7, 11) is 9.23. The Hall–Kier alpha value is -1.86. The zero-order valence-electron chi connectivity index (χ0n) is 15.1. The van der Waals surface area contributed by atoms with Gasteiger partial charge in [-0.15, -0.1) is 0 Å². The second kappa shape index (κ2) is 9.44. The van der Waals surface area contributed by atoms with Gasteiger partial charge < -0.3 is 28.4 Å². The van der Waals surface area contributed by atoms with E-state index in [4.69, 9.17) is 28.4 Å². The van der Waals surface area contributed by atoms with Gasteiger partial charge in [-0.3, -0.25) is 0 Å². The summed E-state index contributed by atoms with van der Waals surface area (Å²) < 4.78 is 31.7. The van der Waals surface area contributed by atoms with Gasteiger partial charge in [0.2, 0.25) is 0 Å². The molecule has 0 bridgehead atoms. The van der Waals surface area contributed by atoms with Crippen LogP contribution < -0.4 is 4.74 Å². The van der Waals surface area contributed by atoms with Crippen molar-refractivity contribution in [3.8, 4) is 5.75 Å². The van der Waals surface area contributed by atoms with Gasteiger partial charge in [-0.05, 0) is 24.3 Å². The van der Waals surface area contributed by atoms with Gasteiger partial charge in [-0.25, -0.2) is 0 Å². The number of allylic oxidation sites excluding steroid dienone is 2. The Kier molecular flexibility index (Phi) is 7.94. The lowest BCUT2D eigenvalue weighted by Crippen LogP contribution is -2.60. The van der Waals surface area contributed by atoms with Crippen molar-refractivity contribution in [2.75, 3.05) is 42.7 Å². The summed E-state index contributed by atoms with van der Waals surface area (Å²) >= 11 is 0. The molecule has 1 aromatic rings. The molecule has 6 heteroatoms. The first-order chi connectivity index (χ1) is 11.6. The molecule has 0 amide bonds. The van der Waals surface area contributed by atoms with Crippen LogP contribution in [0.5, 0.6) is 5.75 Å². The van der Waals surface area contributed by atoms with Crippen molar-refractivity contribution < 1.29 is 28.4 Å². The average molecular weight is 338 g/mol. The van der Waals surface area contributed by atoms with Crippen molar-refractivity contribution >= 4 is 0 Å². The molecule has 0 aromatic heterocycles. The number of benzene rings is 1. The summed E-state index contributed by atoms with van der Waals surface area (Å²) in [5.41, 5.74) is 0. The molecule has 0 spiro atoms. The first kappa shape index (κ1) is 20.2. The highest BCUT2D eigenvalue weighted by atomic mass is 16.8. The molecule has 0 fully saturated rings. The maximum absolute atomic E-state index is 5.41. The summed E-state index contributed by atoms with van der Waals surface area (Å²) in [6.45, 7) is 0. The van der Waals surface area contributed by atoms with Crippen molar-refractivity contribution in [3.63, 3.8) is 0 Å². The zero-order valence-corrected chi connectivity index (χ0v) is 15.1. The van der Waals surface area contributed by atoms with Crippen molar-refractivity contribution in [1.29, 1.82) is 0 Å².